The third kappa shape index (κ3) is 4.70. The Labute approximate surface area is 208 Å². The highest BCUT2D eigenvalue weighted by atomic mass is 16.5. The zero-order chi connectivity index (χ0) is 25.1. The van der Waals surface area contributed by atoms with E-state index in [0.29, 0.717) is 36.1 Å². The number of amides is 2. The molecule has 0 bridgehead atoms. The van der Waals surface area contributed by atoms with Crippen molar-refractivity contribution in [3.8, 4) is 5.75 Å². The van der Waals surface area contributed by atoms with Crippen molar-refractivity contribution >= 4 is 28.7 Å². The second-order valence-corrected chi connectivity index (χ2v) is 8.73. The van der Waals surface area contributed by atoms with E-state index in [2.05, 4.69) is 10.3 Å². The van der Waals surface area contributed by atoms with Gasteiger partial charge in [0.05, 0.1) is 23.6 Å². The summed E-state index contributed by atoms with van der Waals surface area (Å²) in [6.07, 6.45) is 0.850. The summed E-state index contributed by atoms with van der Waals surface area (Å²) in [6.45, 7) is 0.289. The summed E-state index contributed by atoms with van der Waals surface area (Å²) in [5.41, 5.74) is 2.31. The zero-order valence-electron chi connectivity index (χ0n) is 19.9. The normalized spacial score (nSPS) is 12.4. The van der Waals surface area contributed by atoms with Gasteiger partial charge in [0.2, 0.25) is 17.8 Å². The maximum Gasteiger partial charge on any atom is 0.263 e. The molecule has 0 saturated carbocycles. The molecule has 8 nitrogen and oxygen atoms in total. The molecule has 5 rings (SSSR count). The molecule has 3 aromatic carbocycles. The summed E-state index contributed by atoms with van der Waals surface area (Å²) in [5, 5.41) is 2.97. The van der Waals surface area contributed by atoms with Crippen molar-refractivity contribution in [2.75, 3.05) is 19.0 Å². The van der Waals surface area contributed by atoms with Gasteiger partial charge in [-0.2, -0.15) is 0 Å². The monoisotopic (exact) mass is 482 g/mol. The van der Waals surface area contributed by atoms with Crippen molar-refractivity contribution in [3.05, 3.63) is 100 Å². The smallest absolute Gasteiger partial charge is 0.263 e. The topological polar surface area (TPSA) is 93.5 Å². The van der Waals surface area contributed by atoms with E-state index in [9.17, 15) is 14.4 Å². The number of carbonyl (C=O) groups excluding carboxylic acids is 2. The molecule has 0 atom stereocenters. The van der Waals surface area contributed by atoms with Crippen LogP contribution in [0.25, 0.3) is 10.9 Å². The number of hydrogen-bond donors (Lipinski definition) is 1. The average molecular weight is 483 g/mol. The van der Waals surface area contributed by atoms with Crippen molar-refractivity contribution in [1.82, 2.24) is 14.5 Å². The Hall–Kier alpha value is -4.46. The second-order valence-electron chi connectivity index (χ2n) is 8.73. The molecule has 0 fully saturated rings. The summed E-state index contributed by atoms with van der Waals surface area (Å²) in [7, 11) is 1.83. The average Bonchev–Trinajstić information content (AvgIpc) is 3.28. The van der Waals surface area contributed by atoms with Crippen molar-refractivity contribution in [2.45, 2.75) is 25.4 Å². The number of anilines is 1. The van der Waals surface area contributed by atoms with Gasteiger partial charge in [-0.1, -0.05) is 60.7 Å². The number of benzene rings is 3. The molecule has 4 aromatic rings. The van der Waals surface area contributed by atoms with Crippen LogP contribution in [-0.4, -0.2) is 39.9 Å². The molecule has 0 spiro atoms. The van der Waals surface area contributed by atoms with Gasteiger partial charge in [-0.3, -0.25) is 24.3 Å². The van der Waals surface area contributed by atoms with Crippen LogP contribution in [0.4, 0.5) is 5.95 Å². The lowest BCUT2D eigenvalue weighted by molar-refractivity contribution is -0.131. The quantitative estimate of drug-likeness (QED) is 0.386. The highest BCUT2D eigenvalue weighted by Gasteiger charge is 2.23. The highest BCUT2D eigenvalue weighted by molar-refractivity contribution is 5.94. The first kappa shape index (κ1) is 23.3. The minimum absolute atomic E-state index is 0.0185. The molecule has 36 heavy (non-hydrogen) atoms. The molecule has 0 saturated heterocycles. The molecule has 2 heterocycles. The summed E-state index contributed by atoms with van der Waals surface area (Å²) in [5.74, 6) is 0.539. The SMILES string of the molecule is CN(C(=O)CCCOc1ccc2nc3n(c(=O)c2c1)CC(=O)N3)C(c1ccccc1)c1ccccc1. The lowest BCUT2D eigenvalue weighted by Crippen LogP contribution is -2.32. The van der Waals surface area contributed by atoms with E-state index in [-0.39, 0.29) is 35.9 Å². The van der Waals surface area contributed by atoms with Gasteiger partial charge < -0.3 is 9.64 Å². The number of nitrogens with one attached hydrogen (secondary N) is 1. The first-order chi connectivity index (χ1) is 17.5. The standard InChI is InChI=1S/C28H26N4O4/c1-31(26(19-9-4-2-5-10-19)20-11-6-3-7-12-20)25(34)13-8-16-36-21-14-15-23-22(17-21)27(35)32-18-24(33)30-28(32)29-23/h2-7,9-12,14-15,17,26H,8,13,16,18H2,1H3,(H,29,30,33). The number of aromatic nitrogens is 2. The Kier molecular flexibility index (Phi) is 6.49. The molecule has 0 aliphatic carbocycles. The molecule has 1 aliphatic heterocycles. The number of fused-ring (bicyclic) bond motifs is 2. The van der Waals surface area contributed by atoms with Crippen LogP contribution in [0.3, 0.4) is 0 Å². The number of carbonyl (C=O) groups is 2. The van der Waals surface area contributed by atoms with Crippen molar-refractivity contribution < 1.29 is 14.3 Å². The summed E-state index contributed by atoms with van der Waals surface area (Å²) in [4.78, 5) is 43.5. The van der Waals surface area contributed by atoms with E-state index >= 15 is 0 Å². The van der Waals surface area contributed by atoms with Crippen molar-refractivity contribution in [2.24, 2.45) is 0 Å². The van der Waals surface area contributed by atoms with Crippen LogP contribution in [0.2, 0.25) is 0 Å². The van der Waals surface area contributed by atoms with Gasteiger partial charge in [-0.25, -0.2) is 4.98 Å². The Morgan fingerprint density at radius 3 is 2.36 bits per heavy atom. The predicted octanol–water partition coefficient (Wildman–Crippen LogP) is 3.76. The van der Waals surface area contributed by atoms with Gasteiger partial charge in [0, 0.05) is 13.5 Å². The Morgan fingerprint density at radius 2 is 1.69 bits per heavy atom. The summed E-state index contributed by atoms with van der Waals surface area (Å²) >= 11 is 0. The highest BCUT2D eigenvalue weighted by Crippen LogP contribution is 2.28. The maximum absolute atomic E-state index is 13.1. The molecule has 182 valence electrons. The molecule has 1 aromatic heterocycles. The van der Waals surface area contributed by atoms with E-state index in [1.54, 1.807) is 23.1 Å². The van der Waals surface area contributed by atoms with Gasteiger partial charge in [-0.05, 0) is 35.7 Å². The minimum Gasteiger partial charge on any atom is -0.494 e. The van der Waals surface area contributed by atoms with Crippen LogP contribution < -0.4 is 15.6 Å². The van der Waals surface area contributed by atoms with Crippen LogP contribution in [0, 0.1) is 0 Å². The number of hydrogen-bond acceptors (Lipinski definition) is 5. The van der Waals surface area contributed by atoms with Gasteiger partial charge in [0.15, 0.2) is 0 Å². The van der Waals surface area contributed by atoms with E-state index in [4.69, 9.17) is 4.74 Å². The first-order valence-corrected chi connectivity index (χ1v) is 11.8. The fourth-order valence-electron chi connectivity index (χ4n) is 4.48. The van der Waals surface area contributed by atoms with Crippen LogP contribution in [-0.2, 0) is 16.1 Å². The molecule has 8 heteroatoms. The number of ether oxygens (including phenoxy) is 1. The summed E-state index contributed by atoms with van der Waals surface area (Å²) in [6, 6.07) is 24.8. The van der Waals surface area contributed by atoms with Gasteiger partial charge in [-0.15, -0.1) is 0 Å². The second kappa shape index (κ2) is 10.0. The van der Waals surface area contributed by atoms with Gasteiger partial charge in [0.25, 0.3) is 5.56 Å². The van der Waals surface area contributed by atoms with Gasteiger partial charge in [0.1, 0.15) is 12.3 Å². The van der Waals surface area contributed by atoms with Crippen LogP contribution >= 0.6 is 0 Å². The molecule has 1 aliphatic rings. The van der Waals surface area contributed by atoms with Crippen LogP contribution in [0.5, 0.6) is 5.75 Å². The third-order valence-electron chi connectivity index (χ3n) is 6.29. The van der Waals surface area contributed by atoms with Gasteiger partial charge >= 0.3 is 0 Å². The molecule has 0 radical (unpaired) electrons. The molecule has 0 unspecified atom stereocenters. The lowest BCUT2D eigenvalue weighted by Gasteiger charge is -2.29. The molecular formula is C28H26N4O4. The largest absolute Gasteiger partial charge is 0.494 e. The Bertz CT molecular complexity index is 1430. The molecular weight excluding hydrogens is 456 g/mol. The van der Waals surface area contributed by atoms with E-state index in [0.717, 1.165) is 11.1 Å². The molecule has 1 N–H and O–H groups in total. The fourth-order valence-corrected chi connectivity index (χ4v) is 4.48. The fraction of sp³-hybridized carbons (Fsp3) is 0.214. The van der Waals surface area contributed by atoms with Crippen LogP contribution in [0.1, 0.15) is 30.0 Å². The van der Waals surface area contributed by atoms with E-state index < -0.39 is 0 Å². The van der Waals surface area contributed by atoms with Crippen molar-refractivity contribution in [3.63, 3.8) is 0 Å². The number of nitrogens with zero attached hydrogens (tertiary/aromatic N) is 3. The van der Waals surface area contributed by atoms with Crippen LogP contribution in [0.15, 0.2) is 83.7 Å². The van der Waals surface area contributed by atoms with Crippen molar-refractivity contribution in [1.29, 1.82) is 0 Å². The Balaban J connectivity index is 1.23. The predicted molar refractivity (Wildman–Crippen MR) is 137 cm³/mol. The van der Waals surface area contributed by atoms with E-state index in [1.807, 2.05) is 67.7 Å². The Morgan fingerprint density at radius 1 is 1.03 bits per heavy atom. The first-order valence-electron chi connectivity index (χ1n) is 11.8. The number of rotatable bonds is 8. The minimum atomic E-state index is -0.288. The lowest BCUT2D eigenvalue weighted by atomic mass is 9.97. The molecule has 2 amide bonds. The maximum atomic E-state index is 13.1. The summed E-state index contributed by atoms with van der Waals surface area (Å²) < 4.78 is 7.16. The van der Waals surface area contributed by atoms with E-state index in [1.165, 1.54) is 4.57 Å². The zero-order valence-corrected chi connectivity index (χ0v) is 19.9. The third-order valence-corrected chi connectivity index (χ3v) is 6.29.